The fourth-order valence-corrected chi connectivity index (χ4v) is 4.00. The predicted molar refractivity (Wildman–Crippen MR) is 88.3 cm³/mol. The number of piperidine rings is 1. The van der Waals surface area contributed by atoms with E-state index in [1.165, 1.54) is 51.4 Å². The maximum Gasteiger partial charge on any atom is 0.225 e. The van der Waals surface area contributed by atoms with Crippen LogP contribution in [0.5, 0.6) is 0 Å². The number of likely N-dealkylation sites (N-methyl/N-ethyl adjacent to an activating group) is 1. The first-order valence-corrected chi connectivity index (χ1v) is 9.19. The fraction of sp³-hybridized carbons (Fsp3) is 0.944. The average Bonchev–Trinajstić information content (AvgIpc) is 2.53. The molecular weight excluding hydrogens is 260 g/mol. The summed E-state index contributed by atoms with van der Waals surface area (Å²) in [5.41, 5.74) is 0. The molecule has 1 heterocycles. The molecule has 0 radical (unpaired) electrons. The van der Waals surface area contributed by atoms with Crippen LogP contribution in [-0.4, -0.2) is 37.0 Å². The number of nitrogens with one attached hydrogen (secondary N) is 1. The number of amides is 1. The summed E-state index contributed by atoms with van der Waals surface area (Å²) in [5.74, 6) is 1.59. The van der Waals surface area contributed by atoms with E-state index in [4.69, 9.17) is 0 Å². The summed E-state index contributed by atoms with van der Waals surface area (Å²) in [4.78, 5) is 14.6. The lowest BCUT2D eigenvalue weighted by Gasteiger charge is -2.33. The molecule has 3 heteroatoms. The number of unbranched alkanes of at least 4 members (excludes halogenated alkanes) is 1. The Hall–Kier alpha value is -0.570. The lowest BCUT2D eigenvalue weighted by atomic mass is 9.79. The lowest BCUT2D eigenvalue weighted by Crippen LogP contribution is -2.46. The van der Waals surface area contributed by atoms with E-state index in [2.05, 4.69) is 12.2 Å². The van der Waals surface area contributed by atoms with Crippen LogP contribution in [0.1, 0.15) is 71.1 Å². The molecule has 1 atom stereocenters. The smallest absolute Gasteiger partial charge is 0.225 e. The summed E-state index contributed by atoms with van der Waals surface area (Å²) in [5, 5.41) is 3.54. The largest absolute Gasteiger partial charge is 0.344 e. The molecule has 1 aliphatic heterocycles. The van der Waals surface area contributed by atoms with Crippen LogP contribution in [0.2, 0.25) is 0 Å². The van der Waals surface area contributed by atoms with Gasteiger partial charge in [0.05, 0.1) is 0 Å². The predicted octanol–water partition coefficient (Wildman–Crippen LogP) is 3.58. The fourth-order valence-electron chi connectivity index (χ4n) is 4.00. The summed E-state index contributed by atoms with van der Waals surface area (Å²) in [7, 11) is 2.00. The lowest BCUT2D eigenvalue weighted by molar-refractivity contribution is -0.135. The van der Waals surface area contributed by atoms with Gasteiger partial charge in [-0.2, -0.15) is 0 Å². The summed E-state index contributed by atoms with van der Waals surface area (Å²) < 4.78 is 0. The van der Waals surface area contributed by atoms with Crippen molar-refractivity contribution < 1.29 is 4.79 Å². The first-order valence-electron chi connectivity index (χ1n) is 9.19. The molecule has 1 aliphatic carbocycles. The third kappa shape index (κ3) is 5.28. The molecule has 0 aromatic carbocycles. The molecule has 0 aromatic heterocycles. The Labute approximate surface area is 130 Å². The van der Waals surface area contributed by atoms with E-state index in [0.717, 1.165) is 31.8 Å². The molecule has 0 spiro atoms. The van der Waals surface area contributed by atoms with Gasteiger partial charge in [0.1, 0.15) is 0 Å². The average molecular weight is 294 g/mol. The van der Waals surface area contributed by atoms with Gasteiger partial charge < -0.3 is 10.2 Å². The van der Waals surface area contributed by atoms with Gasteiger partial charge in [0.2, 0.25) is 5.91 Å². The quantitative estimate of drug-likeness (QED) is 0.812. The molecule has 1 N–H and O–H groups in total. The molecular formula is C18H34N2O. The van der Waals surface area contributed by atoms with Crippen molar-refractivity contribution in [3.05, 3.63) is 0 Å². The van der Waals surface area contributed by atoms with Crippen LogP contribution in [-0.2, 0) is 4.79 Å². The van der Waals surface area contributed by atoms with Crippen molar-refractivity contribution in [2.45, 2.75) is 77.2 Å². The zero-order valence-corrected chi connectivity index (χ0v) is 14.1. The highest BCUT2D eigenvalue weighted by molar-refractivity contribution is 5.78. The maximum absolute atomic E-state index is 12.6. The van der Waals surface area contributed by atoms with Crippen molar-refractivity contribution >= 4 is 5.91 Å². The zero-order valence-electron chi connectivity index (χ0n) is 14.1. The van der Waals surface area contributed by atoms with Crippen LogP contribution >= 0.6 is 0 Å². The Morgan fingerprint density at radius 2 is 1.90 bits per heavy atom. The molecule has 1 saturated heterocycles. The molecule has 1 saturated carbocycles. The van der Waals surface area contributed by atoms with Crippen LogP contribution in [0, 0.1) is 11.8 Å². The summed E-state index contributed by atoms with van der Waals surface area (Å²) >= 11 is 0. The van der Waals surface area contributed by atoms with Crippen molar-refractivity contribution in [2.75, 3.05) is 20.1 Å². The third-order valence-corrected chi connectivity index (χ3v) is 5.44. The van der Waals surface area contributed by atoms with E-state index >= 15 is 0 Å². The van der Waals surface area contributed by atoms with Gasteiger partial charge in [-0.1, -0.05) is 32.6 Å². The van der Waals surface area contributed by atoms with Gasteiger partial charge in [-0.15, -0.1) is 0 Å². The van der Waals surface area contributed by atoms with E-state index in [-0.39, 0.29) is 0 Å². The second-order valence-corrected chi connectivity index (χ2v) is 7.23. The van der Waals surface area contributed by atoms with Crippen molar-refractivity contribution in [1.29, 1.82) is 0 Å². The highest BCUT2D eigenvalue weighted by Gasteiger charge is 2.28. The minimum absolute atomic E-state index is 0.302. The summed E-state index contributed by atoms with van der Waals surface area (Å²) in [6.07, 6.45) is 12.6. The Morgan fingerprint density at radius 3 is 2.52 bits per heavy atom. The molecule has 1 unspecified atom stereocenters. The van der Waals surface area contributed by atoms with Crippen LogP contribution in [0.25, 0.3) is 0 Å². The normalized spacial score (nSPS) is 30.1. The highest BCUT2D eigenvalue weighted by Crippen LogP contribution is 2.32. The van der Waals surface area contributed by atoms with Crippen molar-refractivity contribution in [2.24, 2.45) is 11.8 Å². The molecule has 2 fully saturated rings. The van der Waals surface area contributed by atoms with Crippen LogP contribution in [0.3, 0.4) is 0 Å². The maximum atomic E-state index is 12.6. The van der Waals surface area contributed by atoms with Crippen LogP contribution in [0.4, 0.5) is 0 Å². The number of hydrogen-bond acceptors (Lipinski definition) is 2. The van der Waals surface area contributed by atoms with Crippen molar-refractivity contribution in [3.8, 4) is 0 Å². The van der Waals surface area contributed by atoms with Gasteiger partial charge in [0, 0.05) is 25.6 Å². The number of carbonyl (C=O) groups is 1. The van der Waals surface area contributed by atoms with Gasteiger partial charge in [-0.25, -0.2) is 0 Å². The van der Waals surface area contributed by atoms with E-state index < -0.39 is 0 Å². The van der Waals surface area contributed by atoms with Gasteiger partial charge in [-0.05, 0) is 51.0 Å². The van der Waals surface area contributed by atoms with Crippen molar-refractivity contribution in [3.63, 3.8) is 0 Å². The Kier molecular flexibility index (Phi) is 7.01. The molecule has 21 heavy (non-hydrogen) atoms. The first-order chi connectivity index (χ1) is 10.2. The SMILES string of the molecule is CCCCC1CCC(C(=O)N(C)CC2CCCCN2)CC1. The van der Waals surface area contributed by atoms with E-state index in [9.17, 15) is 4.79 Å². The summed E-state index contributed by atoms with van der Waals surface area (Å²) in [6, 6.07) is 0.522. The van der Waals surface area contributed by atoms with Crippen molar-refractivity contribution in [1.82, 2.24) is 10.2 Å². The molecule has 3 nitrogen and oxygen atoms in total. The van der Waals surface area contributed by atoms with E-state index in [0.29, 0.717) is 17.9 Å². The second kappa shape index (κ2) is 8.77. The second-order valence-electron chi connectivity index (χ2n) is 7.23. The topological polar surface area (TPSA) is 32.3 Å². The third-order valence-electron chi connectivity index (χ3n) is 5.44. The van der Waals surface area contributed by atoms with Gasteiger partial charge in [0.25, 0.3) is 0 Å². The zero-order chi connectivity index (χ0) is 15.1. The highest BCUT2D eigenvalue weighted by atomic mass is 16.2. The molecule has 2 aliphatic rings. The van der Waals surface area contributed by atoms with Crippen LogP contribution < -0.4 is 5.32 Å². The van der Waals surface area contributed by atoms with E-state index in [1.807, 2.05) is 11.9 Å². The molecule has 2 rings (SSSR count). The number of nitrogens with zero attached hydrogens (tertiary/aromatic N) is 1. The van der Waals surface area contributed by atoms with E-state index in [1.54, 1.807) is 0 Å². The number of rotatable bonds is 6. The van der Waals surface area contributed by atoms with Gasteiger partial charge in [0.15, 0.2) is 0 Å². The molecule has 0 bridgehead atoms. The monoisotopic (exact) mass is 294 g/mol. The molecule has 0 aromatic rings. The van der Waals surface area contributed by atoms with Gasteiger partial charge >= 0.3 is 0 Å². The number of carbonyl (C=O) groups excluding carboxylic acids is 1. The minimum Gasteiger partial charge on any atom is -0.344 e. The molecule has 122 valence electrons. The summed E-state index contributed by atoms with van der Waals surface area (Å²) in [6.45, 7) is 4.28. The van der Waals surface area contributed by atoms with Gasteiger partial charge in [-0.3, -0.25) is 4.79 Å². The molecule has 1 amide bonds. The Balaban J connectivity index is 1.70. The Bertz CT molecular complexity index is 304. The minimum atomic E-state index is 0.302. The van der Waals surface area contributed by atoms with Crippen LogP contribution in [0.15, 0.2) is 0 Å². The number of hydrogen-bond donors (Lipinski definition) is 1. The first kappa shape index (κ1) is 16.8. The Morgan fingerprint density at radius 1 is 1.14 bits per heavy atom. The standard InChI is InChI=1S/C18H34N2O/c1-3-4-7-15-9-11-16(12-10-15)18(21)20(2)14-17-8-5-6-13-19-17/h15-17,19H,3-14H2,1-2H3.